The number of rotatable bonds is 4. The van der Waals surface area contributed by atoms with Gasteiger partial charge in [-0.1, -0.05) is 0 Å². The Morgan fingerprint density at radius 1 is 1.35 bits per heavy atom. The Morgan fingerprint density at radius 3 is 3.10 bits per heavy atom. The Bertz CT molecular complexity index is 466. The molecule has 4 heteroatoms. The number of ether oxygens (including phenoxy) is 1. The van der Waals surface area contributed by atoms with Gasteiger partial charge in [0.15, 0.2) is 0 Å². The summed E-state index contributed by atoms with van der Waals surface area (Å²) in [5, 5.41) is 3.56. The molecule has 2 heterocycles. The van der Waals surface area contributed by atoms with Gasteiger partial charge >= 0.3 is 0 Å². The fourth-order valence-corrected chi connectivity index (χ4v) is 3.47. The average Bonchev–Trinajstić information content (AvgIpc) is 2.89. The van der Waals surface area contributed by atoms with Crippen molar-refractivity contribution in [1.82, 2.24) is 4.90 Å². The van der Waals surface area contributed by atoms with Gasteiger partial charge in [0.1, 0.15) is 11.6 Å². The van der Waals surface area contributed by atoms with Crippen LogP contribution in [0.1, 0.15) is 32.6 Å². The largest absolute Gasteiger partial charge is 0.492 e. The summed E-state index contributed by atoms with van der Waals surface area (Å²) < 4.78 is 18.8. The highest BCUT2D eigenvalue weighted by atomic mass is 19.1. The van der Waals surface area contributed by atoms with Crippen LogP contribution in [0.5, 0.6) is 5.75 Å². The Balaban J connectivity index is 1.68. The van der Waals surface area contributed by atoms with Crippen molar-refractivity contribution in [2.24, 2.45) is 0 Å². The van der Waals surface area contributed by atoms with E-state index in [2.05, 4.69) is 10.2 Å². The topological polar surface area (TPSA) is 24.5 Å². The molecule has 0 bridgehead atoms. The second-order valence-corrected chi connectivity index (χ2v) is 5.77. The van der Waals surface area contributed by atoms with Crippen molar-refractivity contribution < 1.29 is 9.13 Å². The Hall–Kier alpha value is -1.29. The average molecular weight is 278 g/mol. The van der Waals surface area contributed by atoms with Gasteiger partial charge in [-0.2, -0.15) is 0 Å². The van der Waals surface area contributed by atoms with Gasteiger partial charge in [-0.05, 0) is 51.3 Å². The minimum atomic E-state index is -0.246. The molecule has 0 spiro atoms. The minimum Gasteiger partial charge on any atom is -0.492 e. The summed E-state index contributed by atoms with van der Waals surface area (Å²) in [6, 6.07) is 5.96. The molecule has 3 rings (SSSR count). The fourth-order valence-electron chi connectivity index (χ4n) is 3.47. The first kappa shape index (κ1) is 13.7. The van der Waals surface area contributed by atoms with Gasteiger partial charge in [-0.3, -0.25) is 0 Å². The lowest BCUT2D eigenvalue weighted by atomic mass is 9.97. The first-order chi connectivity index (χ1) is 9.76. The van der Waals surface area contributed by atoms with Crippen molar-refractivity contribution in [2.75, 3.05) is 25.0 Å². The molecule has 2 saturated heterocycles. The molecular weight excluding hydrogens is 255 g/mol. The van der Waals surface area contributed by atoms with Crippen molar-refractivity contribution in [1.29, 1.82) is 0 Å². The van der Waals surface area contributed by atoms with Gasteiger partial charge < -0.3 is 15.0 Å². The van der Waals surface area contributed by atoms with Crippen LogP contribution < -0.4 is 10.1 Å². The van der Waals surface area contributed by atoms with Crippen molar-refractivity contribution in [3.8, 4) is 5.75 Å². The molecule has 0 saturated carbocycles. The summed E-state index contributed by atoms with van der Waals surface area (Å²) in [4.78, 5) is 2.60. The lowest BCUT2D eigenvalue weighted by molar-refractivity contribution is 0.188. The molecule has 2 aliphatic heterocycles. The maximum Gasteiger partial charge on any atom is 0.145 e. The van der Waals surface area contributed by atoms with Crippen LogP contribution in [0, 0.1) is 5.82 Å². The van der Waals surface area contributed by atoms with E-state index in [4.69, 9.17) is 4.74 Å². The van der Waals surface area contributed by atoms with Crippen LogP contribution in [0.3, 0.4) is 0 Å². The number of fused-ring (bicyclic) bond motifs is 1. The van der Waals surface area contributed by atoms with Crippen molar-refractivity contribution in [3.05, 3.63) is 24.0 Å². The maximum absolute atomic E-state index is 13.3. The highest BCUT2D eigenvalue weighted by molar-refractivity contribution is 5.57. The molecule has 0 amide bonds. The lowest BCUT2D eigenvalue weighted by Gasteiger charge is -2.35. The molecular formula is C16H23FN2O. The second-order valence-electron chi connectivity index (χ2n) is 5.77. The molecule has 2 fully saturated rings. The van der Waals surface area contributed by atoms with Crippen LogP contribution >= 0.6 is 0 Å². The van der Waals surface area contributed by atoms with Crippen molar-refractivity contribution >= 4 is 5.69 Å². The molecule has 0 radical (unpaired) electrons. The van der Waals surface area contributed by atoms with Gasteiger partial charge in [0.2, 0.25) is 0 Å². The molecule has 0 aliphatic carbocycles. The summed E-state index contributed by atoms with van der Waals surface area (Å²) in [6.07, 6.45) is 4.99. The number of hydrogen-bond donors (Lipinski definition) is 1. The van der Waals surface area contributed by atoms with Crippen molar-refractivity contribution in [2.45, 2.75) is 44.7 Å². The molecule has 1 aromatic rings. The van der Waals surface area contributed by atoms with Crippen LogP contribution in [0.2, 0.25) is 0 Å². The van der Waals surface area contributed by atoms with Crippen LogP contribution in [0.15, 0.2) is 18.2 Å². The SMILES string of the molecule is CCOc1cc(F)ccc1NC1CCN2CCCC2C1. The van der Waals surface area contributed by atoms with E-state index in [1.807, 2.05) is 6.92 Å². The third kappa shape index (κ3) is 2.90. The Labute approximate surface area is 120 Å². The van der Waals surface area contributed by atoms with Crippen LogP contribution in [0.25, 0.3) is 0 Å². The monoisotopic (exact) mass is 278 g/mol. The molecule has 2 unspecified atom stereocenters. The van der Waals surface area contributed by atoms with Gasteiger partial charge in [0, 0.05) is 24.7 Å². The first-order valence-corrected chi connectivity index (χ1v) is 7.69. The number of anilines is 1. The van der Waals surface area contributed by atoms with E-state index in [0.717, 1.165) is 18.2 Å². The van der Waals surface area contributed by atoms with E-state index in [9.17, 15) is 4.39 Å². The summed E-state index contributed by atoms with van der Waals surface area (Å²) >= 11 is 0. The van der Waals surface area contributed by atoms with E-state index in [-0.39, 0.29) is 5.82 Å². The normalized spacial score (nSPS) is 26.3. The molecule has 3 nitrogen and oxygen atoms in total. The van der Waals surface area contributed by atoms with Gasteiger partial charge in [0.05, 0.1) is 12.3 Å². The van der Waals surface area contributed by atoms with Gasteiger partial charge in [-0.15, -0.1) is 0 Å². The molecule has 2 aliphatic rings. The zero-order chi connectivity index (χ0) is 13.9. The first-order valence-electron chi connectivity index (χ1n) is 7.69. The standard InChI is InChI=1S/C16H23FN2O/c1-2-20-16-10-12(17)5-6-15(16)18-13-7-9-19-8-3-4-14(19)11-13/h5-6,10,13-14,18H,2-4,7-9,11H2,1H3. The third-order valence-corrected chi connectivity index (χ3v) is 4.42. The summed E-state index contributed by atoms with van der Waals surface area (Å²) in [6.45, 7) is 4.91. The Morgan fingerprint density at radius 2 is 2.25 bits per heavy atom. The van der Waals surface area contributed by atoms with Crippen LogP contribution in [0.4, 0.5) is 10.1 Å². The number of nitrogens with one attached hydrogen (secondary N) is 1. The molecule has 110 valence electrons. The number of halogens is 1. The molecule has 20 heavy (non-hydrogen) atoms. The molecule has 2 atom stereocenters. The second kappa shape index (κ2) is 6.00. The number of benzene rings is 1. The highest BCUT2D eigenvalue weighted by Crippen LogP contribution is 2.31. The van der Waals surface area contributed by atoms with Crippen molar-refractivity contribution in [3.63, 3.8) is 0 Å². The van der Waals surface area contributed by atoms with E-state index < -0.39 is 0 Å². The summed E-state index contributed by atoms with van der Waals surface area (Å²) in [7, 11) is 0. The smallest absolute Gasteiger partial charge is 0.145 e. The van der Waals surface area contributed by atoms with E-state index in [1.165, 1.54) is 44.5 Å². The predicted molar refractivity (Wildman–Crippen MR) is 78.8 cm³/mol. The number of hydrogen-bond acceptors (Lipinski definition) is 3. The number of nitrogens with zero attached hydrogens (tertiary/aromatic N) is 1. The van der Waals surface area contributed by atoms with Gasteiger partial charge in [0.25, 0.3) is 0 Å². The third-order valence-electron chi connectivity index (χ3n) is 4.42. The van der Waals surface area contributed by atoms with Crippen LogP contribution in [-0.4, -0.2) is 36.7 Å². The molecule has 1 aromatic carbocycles. The van der Waals surface area contributed by atoms with E-state index >= 15 is 0 Å². The summed E-state index contributed by atoms with van der Waals surface area (Å²) in [5.74, 6) is 0.381. The Kier molecular flexibility index (Phi) is 4.10. The maximum atomic E-state index is 13.3. The highest BCUT2D eigenvalue weighted by Gasteiger charge is 2.31. The fraction of sp³-hybridized carbons (Fsp3) is 0.625. The molecule has 0 aromatic heterocycles. The van der Waals surface area contributed by atoms with Crippen LogP contribution in [-0.2, 0) is 0 Å². The molecule has 1 N–H and O–H groups in total. The van der Waals surface area contributed by atoms with Gasteiger partial charge in [-0.25, -0.2) is 4.39 Å². The zero-order valence-corrected chi connectivity index (χ0v) is 12.1. The zero-order valence-electron chi connectivity index (χ0n) is 12.1. The predicted octanol–water partition coefficient (Wildman–Crippen LogP) is 3.26. The summed E-state index contributed by atoms with van der Waals surface area (Å²) in [5.41, 5.74) is 0.921. The van der Waals surface area contributed by atoms with E-state index in [0.29, 0.717) is 18.4 Å². The number of piperidine rings is 1. The quantitative estimate of drug-likeness (QED) is 0.915. The lowest BCUT2D eigenvalue weighted by Crippen LogP contribution is -2.42. The van der Waals surface area contributed by atoms with E-state index in [1.54, 1.807) is 6.07 Å². The minimum absolute atomic E-state index is 0.246.